The van der Waals surface area contributed by atoms with Crippen LogP contribution < -0.4 is 15.5 Å². The monoisotopic (exact) mass is 323 g/mol. The van der Waals surface area contributed by atoms with Gasteiger partial charge in [-0.3, -0.25) is 9.59 Å². The molecule has 0 saturated carbocycles. The zero-order valence-corrected chi connectivity index (χ0v) is 12.3. The van der Waals surface area contributed by atoms with Crippen LogP contribution in [0.5, 0.6) is 5.88 Å². The Bertz CT molecular complexity index is 747. The van der Waals surface area contributed by atoms with Gasteiger partial charge in [0.25, 0.3) is 12.3 Å². The third-order valence-corrected chi connectivity index (χ3v) is 2.94. The van der Waals surface area contributed by atoms with Gasteiger partial charge in [0.05, 0.1) is 0 Å². The van der Waals surface area contributed by atoms with Crippen LogP contribution in [0.3, 0.4) is 0 Å². The first-order chi connectivity index (χ1) is 11.0. The summed E-state index contributed by atoms with van der Waals surface area (Å²) < 4.78 is 29.3. The molecule has 0 aliphatic carbocycles. The molecule has 0 unspecified atom stereocenters. The lowest BCUT2D eigenvalue weighted by atomic mass is 10.2. The molecule has 8 heteroatoms. The summed E-state index contributed by atoms with van der Waals surface area (Å²) in [7, 11) is 0. The van der Waals surface area contributed by atoms with Crippen molar-refractivity contribution in [2.75, 3.05) is 6.61 Å². The molecule has 2 N–H and O–H groups in total. The molecule has 2 aromatic heterocycles. The minimum Gasteiger partial charge on any atom is -0.471 e. The maximum atomic E-state index is 12.2. The molecule has 23 heavy (non-hydrogen) atoms. The number of aromatic amines is 1. The molecule has 2 heterocycles. The first-order valence-electron chi connectivity index (χ1n) is 6.79. The zero-order valence-electron chi connectivity index (χ0n) is 12.3. The SMILES string of the molecule is Cc1cc(=O)c(C(=O)NCc2cccnc2OCC(F)F)c[nH]1. The van der Waals surface area contributed by atoms with Crippen molar-refractivity contribution in [3.05, 3.63) is 57.6 Å². The number of nitrogens with one attached hydrogen (secondary N) is 2. The van der Waals surface area contributed by atoms with E-state index in [0.717, 1.165) is 0 Å². The van der Waals surface area contributed by atoms with Gasteiger partial charge in [0.15, 0.2) is 12.0 Å². The van der Waals surface area contributed by atoms with E-state index in [0.29, 0.717) is 11.3 Å². The molecule has 122 valence electrons. The van der Waals surface area contributed by atoms with Crippen molar-refractivity contribution >= 4 is 5.91 Å². The molecule has 0 spiro atoms. The number of carbonyl (C=O) groups is 1. The average molecular weight is 323 g/mol. The van der Waals surface area contributed by atoms with E-state index in [1.165, 1.54) is 18.5 Å². The van der Waals surface area contributed by atoms with Gasteiger partial charge in [-0.15, -0.1) is 0 Å². The highest BCUT2D eigenvalue weighted by molar-refractivity contribution is 5.93. The lowest BCUT2D eigenvalue weighted by Gasteiger charge is -2.10. The van der Waals surface area contributed by atoms with Crippen LogP contribution in [-0.4, -0.2) is 28.9 Å². The summed E-state index contributed by atoms with van der Waals surface area (Å²) in [5.74, 6) is -0.555. The standard InChI is InChI=1S/C15H15F2N3O3/c1-9-5-12(21)11(7-19-9)14(22)20-6-10-3-2-4-18-15(10)23-8-13(16)17/h2-5,7,13H,6,8H2,1H3,(H,19,21)(H,20,22). The number of rotatable bonds is 6. The molecular formula is C15H15F2N3O3. The molecule has 0 atom stereocenters. The lowest BCUT2D eigenvalue weighted by molar-refractivity contribution is 0.0787. The van der Waals surface area contributed by atoms with Gasteiger partial charge in [-0.05, 0) is 13.0 Å². The van der Waals surface area contributed by atoms with Gasteiger partial charge in [0.2, 0.25) is 5.88 Å². The fourth-order valence-electron chi connectivity index (χ4n) is 1.85. The summed E-state index contributed by atoms with van der Waals surface area (Å²) in [4.78, 5) is 30.4. The van der Waals surface area contributed by atoms with Crippen LogP contribution in [-0.2, 0) is 6.54 Å². The maximum absolute atomic E-state index is 12.2. The predicted octanol–water partition coefficient (Wildman–Crippen LogP) is 1.65. The molecule has 0 radical (unpaired) electrons. The van der Waals surface area contributed by atoms with Crippen LogP contribution in [0.15, 0.2) is 35.4 Å². The number of amides is 1. The summed E-state index contributed by atoms with van der Waals surface area (Å²) >= 11 is 0. The molecule has 0 aliphatic heterocycles. The second-order valence-electron chi connectivity index (χ2n) is 4.75. The Morgan fingerprint density at radius 1 is 1.48 bits per heavy atom. The number of nitrogens with zero attached hydrogens (tertiary/aromatic N) is 1. The summed E-state index contributed by atoms with van der Waals surface area (Å²) in [6, 6.07) is 4.50. The second kappa shape index (κ2) is 7.48. The number of halogens is 2. The van der Waals surface area contributed by atoms with Crippen molar-refractivity contribution in [2.24, 2.45) is 0 Å². The van der Waals surface area contributed by atoms with E-state index in [4.69, 9.17) is 4.74 Å². The van der Waals surface area contributed by atoms with Gasteiger partial charge in [-0.2, -0.15) is 0 Å². The van der Waals surface area contributed by atoms with Crippen LogP contribution in [0, 0.1) is 6.92 Å². The Morgan fingerprint density at radius 2 is 2.26 bits per heavy atom. The smallest absolute Gasteiger partial charge is 0.272 e. The topological polar surface area (TPSA) is 84.1 Å². The van der Waals surface area contributed by atoms with E-state index in [2.05, 4.69) is 15.3 Å². The number of hydrogen-bond donors (Lipinski definition) is 2. The quantitative estimate of drug-likeness (QED) is 0.847. The maximum Gasteiger partial charge on any atom is 0.272 e. The van der Waals surface area contributed by atoms with Crippen molar-refractivity contribution in [3.8, 4) is 5.88 Å². The molecule has 2 aromatic rings. The molecule has 1 amide bonds. The van der Waals surface area contributed by atoms with Crippen LogP contribution in [0.25, 0.3) is 0 Å². The van der Waals surface area contributed by atoms with Gasteiger partial charge in [0.1, 0.15) is 5.56 Å². The number of aryl methyl sites for hydroxylation is 1. The average Bonchev–Trinajstić information content (AvgIpc) is 2.51. The number of ether oxygens (including phenoxy) is 1. The first kappa shape index (κ1) is 16.6. The van der Waals surface area contributed by atoms with Crippen LogP contribution in [0.4, 0.5) is 8.78 Å². The Balaban J connectivity index is 2.05. The van der Waals surface area contributed by atoms with E-state index >= 15 is 0 Å². The summed E-state index contributed by atoms with van der Waals surface area (Å²) in [6.07, 6.45) is 0.104. The Labute approximate surface area is 130 Å². The van der Waals surface area contributed by atoms with E-state index in [1.807, 2.05) is 0 Å². The number of hydrogen-bond acceptors (Lipinski definition) is 4. The highest BCUT2D eigenvalue weighted by atomic mass is 19.3. The van der Waals surface area contributed by atoms with Crippen LogP contribution >= 0.6 is 0 Å². The fraction of sp³-hybridized carbons (Fsp3) is 0.267. The minimum absolute atomic E-state index is 0.00143. The largest absolute Gasteiger partial charge is 0.471 e. The van der Waals surface area contributed by atoms with Crippen molar-refractivity contribution < 1.29 is 18.3 Å². The fourth-order valence-corrected chi connectivity index (χ4v) is 1.85. The summed E-state index contributed by atoms with van der Waals surface area (Å²) in [5.41, 5.74) is 0.639. The highest BCUT2D eigenvalue weighted by Gasteiger charge is 2.13. The third kappa shape index (κ3) is 4.60. The van der Waals surface area contributed by atoms with Crippen molar-refractivity contribution in [3.63, 3.8) is 0 Å². The number of carbonyl (C=O) groups excluding carboxylic acids is 1. The molecule has 0 saturated heterocycles. The van der Waals surface area contributed by atoms with Gasteiger partial charge in [-0.1, -0.05) is 6.07 Å². The molecule has 0 aromatic carbocycles. The second-order valence-corrected chi connectivity index (χ2v) is 4.75. The number of aromatic nitrogens is 2. The van der Waals surface area contributed by atoms with Gasteiger partial charge >= 0.3 is 0 Å². The Morgan fingerprint density at radius 3 is 2.96 bits per heavy atom. The van der Waals surface area contributed by atoms with E-state index in [1.54, 1.807) is 19.1 Å². The molecular weight excluding hydrogens is 308 g/mol. The summed E-state index contributed by atoms with van der Waals surface area (Å²) in [6.45, 7) is 0.916. The van der Waals surface area contributed by atoms with Crippen molar-refractivity contribution in [1.29, 1.82) is 0 Å². The van der Waals surface area contributed by atoms with Gasteiger partial charge in [0, 0.05) is 36.3 Å². The van der Waals surface area contributed by atoms with E-state index in [-0.39, 0.29) is 18.0 Å². The molecule has 2 rings (SSSR count). The molecule has 0 bridgehead atoms. The Hall–Kier alpha value is -2.77. The Kier molecular flexibility index (Phi) is 5.40. The number of pyridine rings is 2. The summed E-state index contributed by atoms with van der Waals surface area (Å²) in [5, 5.41) is 2.54. The third-order valence-electron chi connectivity index (χ3n) is 2.94. The number of H-pyrrole nitrogens is 1. The molecule has 0 fully saturated rings. The first-order valence-corrected chi connectivity index (χ1v) is 6.79. The van der Waals surface area contributed by atoms with Gasteiger partial charge < -0.3 is 15.0 Å². The normalized spacial score (nSPS) is 10.6. The van der Waals surface area contributed by atoms with Crippen molar-refractivity contribution in [1.82, 2.24) is 15.3 Å². The van der Waals surface area contributed by atoms with E-state index in [9.17, 15) is 18.4 Å². The van der Waals surface area contributed by atoms with Crippen LogP contribution in [0.1, 0.15) is 21.6 Å². The lowest BCUT2D eigenvalue weighted by Crippen LogP contribution is -2.28. The van der Waals surface area contributed by atoms with Crippen molar-refractivity contribution in [2.45, 2.75) is 19.9 Å². The highest BCUT2D eigenvalue weighted by Crippen LogP contribution is 2.15. The van der Waals surface area contributed by atoms with Gasteiger partial charge in [-0.25, -0.2) is 13.8 Å². The predicted molar refractivity (Wildman–Crippen MR) is 78.7 cm³/mol. The minimum atomic E-state index is -2.62. The van der Waals surface area contributed by atoms with Crippen LogP contribution in [0.2, 0.25) is 0 Å². The number of alkyl halides is 2. The molecule has 6 nitrogen and oxygen atoms in total. The van der Waals surface area contributed by atoms with E-state index < -0.39 is 24.4 Å². The zero-order chi connectivity index (χ0) is 16.8. The molecule has 0 aliphatic rings.